The minimum absolute atomic E-state index is 0.0136. The van der Waals surface area contributed by atoms with Crippen LogP contribution < -0.4 is 11.1 Å². The van der Waals surface area contributed by atoms with Crippen LogP contribution in [0.1, 0.15) is 17.3 Å². The molecule has 1 unspecified atom stereocenters. The van der Waals surface area contributed by atoms with Crippen LogP contribution in [0.15, 0.2) is 24.3 Å². The number of nitrogens with one attached hydrogen (secondary N) is 1. The molecule has 4 heteroatoms. The monoisotopic (exact) mass is 304 g/mol. The lowest BCUT2D eigenvalue weighted by Gasteiger charge is -2.08. The molecule has 0 spiro atoms. The number of carbonyl (C=O) groups is 1. The lowest BCUT2D eigenvalue weighted by atomic mass is 10.2. The quantitative estimate of drug-likeness (QED) is 0.829. The Bertz CT molecular complexity index is 326. The van der Waals surface area contributed by atoms with E-state index in [1.807, 2.05) is 25.1 Å². The molecular weight excluding hydrogens is 291 g/mol. The first-order chi connectivity index (χ1) is 6.61. The van der Waals surface area contributed by atoms with Crippen molar-refractivity contribution in [2.24, 2.45) is 5.73 Å². The molecule has 1 atom stereocenters. The van der Waals surface area contributed by atoms with Gasteiger partial charge in [0.1, 0.15) is 0 Å². The van der Waals surface area contributed by atoms with Crippen LogP contribution in [0.3, 0.4) is 0 Å². The van der Waals surface area contributed by atoms with Crippen LogP contribution in [0.5, 0.6) is 0 Å². The molecule has 0 bridgehead atoms. The summed E-state index contributed by atoms with van der Waals surface area (Å²) in [4.78, 5) is 11.6. The van der Waals surface area contributed by atoms with Crippen LogP contribution in [-0.2, 0) is 0 Å². The van der Waals surface area contributed by atoms with Crippen molar-refractivity contribution in [3.63, 3.8) is 0 Å². The number of amides is 1. The fourth-order valence-corrected chi connectivity index (χ4v) is 1.63. The number of rotatable bonds is 3. The summed E-state index contributed by atoms with van der Waals surface area (Å²) in [6, 6.07) is 7.45. The fourth-order valence-electron chi connectivity index (χ4n) is 0.994. The SMILES string of the molecule is CC(N)CNC(=O)c1ccccc1I. The summed E-state index contributed by atoms with van der Waals surface area (Å²) in [5, 5.41) is 2.77. The Hall–Kier alpha value is -0.620. The van der Waals surface area contributed by atoms with Crippen molar-refractivity contribution in [3.05, 3.63) is 33.4 Å². The van der Waals surface area contributed by atoms with Gasteiger partial charge in [-0.1, -0.05) is 12.1 Å². The van der Waals surface area contributed by atoms with Crippen molar-refractivity contribution in [2.45, 2.75) is 13.0 Å². The molecule has 1 amide bonds. The van der Waals surface area contributed by atoms with Crippen molar-refractivity contribution in [1.82, 2.24) is 5.32 Å². The van der Waals surface area contributed by atoms with E-state index in [-0.39, 0.29) is 11.9 Å². The van der Waals surface area contributed by atoms with E-state index in [9.17, 15) is 4.79 Å². The first-order valence-corrected chi connectivity index (χ1v) is 5.47. The van der Waals surface area contributed by atoms with Crippen molar-refractivity contribution >= 4 is 28.5 Å². The summed E-state index contributed by atoms with van der Waals surface area (Å²) in [6.45, 7) is 2.36. The highest BCUT2D eigenvalue weighted by atomic mass is 127. The molecular formula is C10H13IN2O. The molecule has 0 radical (unpaired) electrons. The van der Waals surface area contributed by atoms with Gasteiger partial charge in [-0.05, 0) is 41.6 Å². The molecule has 0 aliphatic rings. The standard InChI is InChI=1S/C10H13IN2O/c1-7(12)6-13-10(14)8-4-2-3-5-9(8)11/h2-5,7H,6,12H2,1H3,(H,13,14). The first kappa shape index (κ1) is 11.5. The van der Waals surface area contributed by atoms with Gasteiger partial charge in [0.25, 0.3) is 5.91 Å². The summed E-state index contributed by atoms with van der Waals surface area (Å²) < 4.78 is 0.951. The smallest absolute Gasteiger partial charge is 0.252 e. The van der Waals surface area contributed by atoms with Gasteiger partial charge in [0.05, 0.1) is 5.56 Å². The summed E-state index contributed by atoms with van der Waals surface area (Å²) in [5.41, 5.74) is 6.24. The Balaban J connectivity index is 2.65. The molecule has 0 aliphatic carbocycles. The Labute approximate surface area is 97.2 Å². The van der Waals surface area contributed by atoms with E-state index in [1.54, 1.807) is 6.07 Å². The molecule has 3 nitrogen and oxygen atoms in total. The zero-order valence-corrected chi connectivity index (χ0v) is 10.1. The average Bonchev–Trinajstić information content (AvgIpc) is 2.15. The number of halogens is 1. The maximum atomic E-state index is 11.6. The molecule has 0 saturated heterocycles. The molecule has 3 N–H and O–H groups in total. The Morgan fingerprint density at radius 3 is 2.79 bits per heavy atom. The van der Waals surface area contributed by atoms with E-state index >= 15 is 0 Å². The second-order valence-electron chi connectivity index (χ2n) is 3.17. The highest BCUT2D eigenvalue weighted by molar-refractivity contribution is 14.1. The summed E-state index contributed by atoms with van der Waals surface area (Å²) in [5.74, 6) is -0.0627. The second kappa shape index (κ2) is 5.31. The molecule has 1 aromatic rings. The minimum Gasteiger partial charge on any atom is -0.350 e. The Kier molecular flexibility index (Phi) is 4.34. The topological polar surface area (TPSA) is 55.1 Å². The van der Waals surface area contributed by atoms with Gasteiger partial charge >= 0.3 is 0 Å². The van der Waals surface area contributed by atoms with Gasteiger partial charge in [0, 0.05) is 16.2 Å². The molecule has 14 heavy (non-hydrogen) atoms. The zero-order chi connectivity index (χ0) is 10.6. The average molecular weight is 304 g/mol. The van der Waals surface area contributed by atoms with E-state index < -0.39 is 0 Å². The van der Waals surface area contributed by atoms with Gasteiger partial charge in [-0.2, -0.15) is 0 Å². The summed E-state index contributed by atoms with van der Waals surface area (Å²) in [7, 11) is 0. The first-order valence-electron chi connectivity index (χ1n) is 4.39. The summed E-state index contributed by atoms with van der Waals surface area (Å²) in [6.07, 6.45) is 0. The van der Waals surface area contributed by atoms with Crippen LogP contribution in [-0.4, -0.2) is 18.5 Å². The summed E-state index contributed by atoms with van der Waals surface area (Å²) >= 11 is 2.14. The Morgan fingerprint density at radius 1 is 1.57 bits per heavy atom. The van der Waals surface area contributed by atoms with E-state index in [4.69, 9.17) is 5.73 Å². The maximum absolute atomic E-state index is 11.6. The zero-order valence-electron chi connectivity index (χ0n) is 7.96. The van der Waals surface area contributed by atoms with E-state index in [0.717, 1.165) is 3.57 Å². The largest absolute Gasteiger partial charge is 0.350 e. The molecule has 1 aromatic carbocycles. The predicted octanol–water partition coefficient (Wildman–Crippen LogP) is 1.37. The van der Waals surface area contributed by atoms with Crippen LogP contribution >= 0.6 is 22.6 Å². The van der Waals surface area contributed by atoms with Crippen LogP contribution in [0.4, 0.5) is 0 Å². The van der Waals surface area contributed by atoms with Crippen LogP contribution in [0.25, 0.3) is 0 Å². The second-order valence-corrected chi connectivity index (χ2v) is 4.33. The molecule has 0 aromatic heterocycles. The normalized spacial score (nSPS) is 12.2. The third-order valence-corrected chi connectivity index (χ3v) is 2.64. The van der Waals surface area contributed by atoms with Crippen molar-refractivity contribution in [1.29, 1.82) is 0 Å². The van der Waals surface area contributed by atoms with E-state index in [1.165, 1.54) is 0 Å². The lowest BCUT2D eigenvalue weighted by Crippen LogP contribution is -2.35. The molecule has 76 valence electrons. The van der Waals surface area contributed by atoms with Crippen LogP contribution in [0.2, 0.25) is 0 Å². The number of carbonyl (C=O) groups excluding carboxylic acids is 1. The molecule has 0 saturated carbocycles. The number of hydrogen-bond donors (Lipinski definition) is 2. The Morgan fingerprint density at radius 2 is 2.21 bits per heavy atom. The third-order valence-electron chi connectivity index (χ3n) is 1.70. The third kappa shape index (κ3) is 3.26. The van der Waals surface area contributed by atoms with Gasteiger partial charge in [0.15, 0.2) is 0 Å². The highest BCUT2D eigenvalue weighted by Crippen LogP contribution is 2.10. The van der Waals surface area contributed by atoms with Gasteiger partial charge in [0.2, 0.25) is 0 Å². The van der Waals surface area contributed by atoms with E-state index in [0.29, 0.717) is 12.1 Å². The van der Waals surface area contributed by atoms with E-state index in [2.05, 4.69) is 27.9 Å². The lowest BCUT2D eigenvalue weighted by molar-refractivity contribution is 0.0951. The maximum Gasteiger partial charge on any atom is 0.252 e. The van der Waals surface area contributed by atoms with Gasteiger partial charge in [-0.3, -0.25) is 4.79 Å². The molecule has 1 rings (SSSR count). The van der Waals surface area contributed by atoms with Crippen molar-refractivity contribution < 1.29 is 4.79 Å². The number of nitrogens with two attached hydrogens (primary N) is 1. The number of hydrogen-bond acceptors (Lipinski definition) is 2. The molecule has 0 aliphatic heterocycles. The van der Waals surface area contributed by atoms with Gasteiger partial charge in [-0.25, -0.2) is 0 Å². The van der Waals surface area contributed by atoms with Crippen molar-refractivity contribution in [3.8, 4) is 0 Å². The number of benzene rings is 1. The molecule has 0 fully saturated rings. The highest BCUT2D eigenvalue weighted by Gasteiger charge is 2.08. The van der Waals surface area contributed by atoms with Gasteiger partial charge < -0.3 is 11.1 Å². The van der Waals surface area contributed by atoms with Gasteiger partial charge in [-0.15, -0.1) is 0 Å². The minimum atomic E-state index is -0.0627. The predicted molar refractivity (Wildman–Crippen MR) is 65.1 cm³/mol. The fraction of sp³-hybridized carbons (Fsp3) is 0.300. The molecule has 0 heterocycles. The van der Waals surface area contributed by atoms with Crippen LogP contribution in [0, 0.1) is 3.57 Å². The van der Waals surface area contributed by atoms with Crippen molar-refractivity contribution in [2.75, 3.05) is 6.54 Å².